The van der Waals surface area contributed by atoms with Crippen molar-refractivity contribution >= 4 is 46.5 Å². The second-order valence-electron chi connectivity index (χ2n) is 5.85. The molecule has 1 N–H and O–H groups in total. The minimum Gasteiger partial charge on any atom is -0.349 e. The number of benzene rings is 1. The number of halogens is 5. The Morgan fingerprint density at radius 1 is 1.25 bits per heavy atom. The normalized spacial score (nSPS) is 12.9. The molecule has 2 aromatic heterocycles. The highest BCUT2D eigenvalue weighted by molar-refractivity contribution is 7.99. The fourth-order valence-corrected chi connectivity index (χ4v) is 3.77. The van der Waals surface area contributed by atoms with Crippen LogP contribution in [0.15, 0.2) is 41.7 Å². The third-order valence-electron chi connectivity index (χ3n) is 3.84. The van der Waals surface area contributed by atoms with Gasteiger partial charge in [0.15, 0.2) is 10.8 Å². The largest absolute Gasteiger partial charge is 0.417 e. The molecule has 1 unspecified atom stereocenters. The summed E-state index contributed by atoms with van der Waals surface area (Å²) in [6.45, 7) is 1.78. The lowest BCUT2D eigenvalue weighted by atomic mass is 10.1. The number of nitrogens with one attached hydrogen (secondary N) is 1. The zero-order chi connectivity index (χ0) is 20.5. The lowest BCUT2D eigenvalue weighted by molar-refractivity contribution is -0.137. The molecule has 1 atom stereocenters. The Kier molecular flexibility index (Phi) is 6.07. The maximum Gasteiger partial charge on any atom is 0.417 e. The summed E-state index contributed by atoms with van der Waals surface area (Å²) in [6.07, 6.45) is -3.71. The Labute approximate surface area is 172 Å². The van der Waals surface area contributed by atoms with Crippen LogP contribution in [0.3, 0.4) is 0 Å². The molecule has 0 aliphatic rings. The number of alkyl halides is 3. The van der Waals surface area contributed by atoms with Gasteiger partial charge < -0.3 is 5.32 Å². The summed E-state index contributed by atoms with van der Waals surface area (Å²) < 4.78 is 40.1. The van der Waals surface area contributed by atoms with E-state index in [0.29, 0.717) is 5.02 Å². The number of hydrogen-bond donors (Lipinski definition) is 1. The van der Waals surface area contributed by atoms with Gasteiger partial charge in [-0.25, -0.2) is 0 Å². The van der Waals surface area contributed by atoms with Crippen LogP contribution in [0.4, 0.5) is 13.2 Å². The standard InChI is InChI=1S/C17H13Cl2F3N4OS/c1-9(11-4-2-3-5-12(11)18)23-14(27)8-28-16-25-24-15-13(19)6-10(7-26(15)16)17(20,21)22/h2-7,9H,8H2,1H3,(H,23,27). The number of rotatable bonds is 5. The highest BCUT2D eigenvalue weighted by atomic mass is 35.5. The SMILES string of the molecule is CC(NC(=O)CSc1nnc2c(Cl)cc(C(F)(F)F)cn12)c1ccccc1Cl. The molecule has 5 nitrogen and oxygen atoms in total. The van der Waals surface area contributed by atoms with Crippen molar-refractivity contribution in [2.24, 2.45) is 0 Å². The molecule has 148 valence electrons. The van der Waals surface area contributed by atoms with E-state index in [-0.39, 0.29) is 33.5 Å². The van der Waals surface area contributed by atoms with Crippen LogP contribution in [-0.2, 0) is 11.0 Å². The molecule has 2 heterocycles. The molecule has 0 saturated carbocycles. The molecule has 0 aliphatic heterocycles. The minimum absolute atomic E-state index is 0.0660. The van der Waals surface area contributed by atoms with E-state index in [9.17, 15) is 18.0 Å². The number of fused-ring (bicyclic) bond motifs is 1. The quantitative estimate of drug-likeness (QED) is 0.556. The van der Waals surface area contributed by atoms with E-state index in [2.05, 4.69) is 15.5 Å². The van der Waals surface area contributed by atoms with Crippen molar-refractivity contribution in [1.82, 2.24) is 19.9 Å². The Morgan fingerprint density at radius 2 is 1.96 bits per heavy atom. The summed E-state index contributed by atoms with van der Waals surface area (Å²) >= 11 is 12.9. The van der Waals surface area contributed by atoms with E-state index in [1.807, 2.05) is 6.07 Å². The second-order valence-corrected chi connectivity index (χ2v) is 7.61. The number of aromatic nitrogens is 3. The van der Waals surface area contributed by atoms with Crippen LogP contribution in [0, 0.1) is 0 Å². The first-order chi connectivity index (χ1) is 13.2. The average Bonchev–Trinajstić information content (AvgIpc) is 3.03. The third-order valence-corrected chi connectivity index (χ3v) is 5.40. The number of thioether (sulfide) groups is 1. The van der Waals surface area contributed by atoms with Crippen molar-refractivity contribution < 1.29 is 18.0 Å². The first kappa shape index (κ1) is 20.8. The smallest absolute Gasteiger partial charge is 0.349 e. The molecule has 3 aromatic rings. The van der Waals surface area contributed by atoms with E-state index < -0.39 is 11.7 Å². The topological polar surface area (TPSA) is 59.3 Å². The molecule has 1 aromatic carbocycles. The monoisotopic (exact) mass is 448 g/mol. The maximum absolute atomic E-state index is 13.0. The van der Waals surface area contributed by atoms with E-state index in [1.54, 1.807) is 25.1 Å². The molecule has 0 radical (unpaired) electrons. The van der Waals surface area contributed by atoms with E-state index in [4.69, 9.17) is 23.2 Å². The van der Waals surface area contributed by atoms with Gasteiger partial charge in [0, 0.05) is 11.2 Å². The van der Waals surface area contributed by atoms with Crippen LogP contribution >= 0.6 is 35.0 Å². The minimum atomic E-state index is -4.56. The van der Waals surface area contributed by atoms with Gasteiger partial charge in [-0.15, -0.1) is 10.2 Å². The molecule has 0 fully saturated rings. The Morgan fingerprint density at radius 3 is 2.64 bits per heavy atom. The zero-order valence-electron chi connectivity index (χ0n) is 14.3. The summed E-state index contributed by atoms with van der Waals surface area (Å²) in [5, 5.41) is 10.9. The van der Waals surface area contributed by atoms with E-state index in [0.717, 1.165) is 34.0 Å². The van der Waals surface area contributed by atoms with Gasteiger partial charge in [-0.05, 0) is 24.6 Å². The number of amides is 1. The lowest BCUT2D eigenvalue weighted by Gasteiger charge is -2.15. The molecule has 0 aliphatic carbocycles. The van der Waals surface area contributed by atoms with Gasteiger partial charge in [0.1, 0.15) is 0 Å². The maximum atomic E-state index is 13.0. The molecule has 28 heavy (non-hydrogen) atoms. The van der Waals surface area contributed by atoms with Crippen molar-refractivity contribution in [3.05, 3.63) is 57.7 Å². The van der Waals surface area contributed by atoms with E-state index >= 15 is 0 Å². The van der Waals surface area contributed by atoms with Crippen LogP contribution < -0.4 is 5.32 Å². The van der Waals surface area contributed by atoms with Crippen molar-refractivity contribution in [2.75, 3.05) is 5.75 Å². The van der Waals surface area contributed by atoms with E-state index in [1.165, 1.54) is 0 Å². The van der Waals surface area contributed by atoms with Crippen molar-refractivity contribution in [3.8, 4) is 0 Å². The lowest BCUT2D eigenvalue weighted by Crippen LogP contribution is -2.28. The van der Waals surface area contributed by atoms with Gasteiger partial charge in [-0.2, -0.15) is 13.2 Å². The summed E-state index contributed by atoms with van der Waals surface area (Å²) in [5.41, 5.74) is -0.0810. The molecule has 1 amide bonds. The second kappa shape index (κ2) is 8.18. The highest BCUT2D eigenvalue weighted by Crippen LogP contribution is 2.33. The van der Waals surface area contributed by atoms with Gasteiger partial charge in [0.05, 0.1) is 22.4 Å². The number of pyridine rings is 1. The Hall–Kier alpha value is -1.97. The fourth-order valence-electron chi connectivity index (χ4n) is 2.50. The Balaban J connectivity index is 1.72. The van der Waals surface area contributed by atoms with Gasteiger partial charge in [0.2, 0.25) is 5.91 Å². The molecule has 11 heteroatoms. The molecular formula is C17H13Cl2F3N4OS. The van der Waals surface area contributed by atoms with Gasteiger partial charge in [-0.3, -0.25) is 9.20 Å². The molecule has 0 saturated heterocycles. The molecular weight excluding hydrogens is 436 g/mol. The predicted molar refractivity (Wildman–Crippen MR) is 102 cm³/mol. The summed E-state index contributed by atoms with van der Waals surface area (Å²) in [7, 11) is 0. The number of nitrogens with zero attached hydrogens (tertiary/aromatic N) is 3. The van der Waals surface area contributed by atoms with Crippen LogP contribution in [0.2, 0.25) is 10.0 Å². The van der Waals surface area contributed by atoms with Crippen molar-refractivity contribution in [3.63, 3.8) is 0 Å². The molecule has 0 spiro atoms. The zero-order valence-corrected chi connectivity index (χ0v) is 16.6. The Bertz CT molecular complexity index is 1030. The van der Waals surface area contributed by atoms with Gasteiger partial charge in [0.25, 0.3) is 0 Å². The van der Waals surface area contributed by atoms with Gasteiger partial charge in [-0.1, -0.05) is 53.2 Å². The van der Waals surface area contributed by atoms with Crippen molar-refractivity contribution in [2.45, 2.75) is 24.3 Å². The van der Waals surface area contributed by atoms with Crippen LogP contribution in [0.5, 0.6) is 0 Å². The number of hydrogen-bond acceptors (Lipinski definition) is 4. The summed E-state index contributed by atoms with van der Waals surface area (Å²) in [5.74, 6) is -0.393. The fraction of sp³-hybridized carbons (Fsp3) is 0.235. The first-order valence-corrected chi connectivity index (χ1v) is 9.69. The molecule has 3 rings (SSSR count). The third kappa shape index (κ3) is 4.53. The number of carbonyl (C=O) groups is 1. The van der Waals surface area contributed by atoms with Crippen LogP contribution in [0.1, 0.15) is 24.1 Å². The van der Waals surface area contributed by atoms with Crippen LogP contribution in [-0.4, -0.2) is 26.3 Å². The highest BCUT2D eigenvalue weighted by Gasteiger charge is 2.32. The summed E-state index contributed by atoms with van der Waals surface area (Å²) in [6, 6.07) is 7.57. The van der Waals surface area contributed by atoms with Gasteiger partial charge >= 0.3 is 6.18 Å². The summed E-state index contributed by atoms with van der Waals surface area (Å²) in [4.78, 5) is 12.2. The molecule has 0 bridgehead atoms. The average molecular weight is 449 g/mol. The first-order valence-electron chi connectivity index (χ1n) is 7.95. The van der Waals surface area contributed by atoms with Crippen LogP contribution in [0.25, 0.3) is 5.65 Å². The number of carbonyl (C=O) groups excluding carboxylic acids is 1. The predicted octanol–water partition coefficient (Wildman–Crippen LogP) is 5.02. The van der Waals surface area contributed by atoms with Crippen molar-refractivity contribution in [1.29, 1.82) is 0 Å².